The van der Waals surface area contributed by atoms with Crippen molar-refractivity contribution >= 4 is 0 Å². The molecule has 0 saturated carbocycles. The molecule has 0 radical (unpaired) electrons. The van der Waals surface area contributed by atoms with Crippen molar-refractivity contribution in [1.29, 1.82) is 0 Å². The van der Waals surface area contributed by atoms with Crippen molar-refractivity contribution in [3.8, 4) is 0 Å². The van der Waals surface area contributed by atoms with Gasteiger partial charge in [0.15, 0.2) is 0 Å². The van der Waals surface area contributed by atoms with Crippen LogP contribution in [0.3, 0.4) is 0 Å². The van der Waals surface area contributed by atoms with E-state index in [2.05, 4.69) is 5.32 Å². The summed E-state index contributed by atoms with van der Waals surface area (Å²) in [6, 6.07) is 3.80. The number of benzene rings is 1. The van der Waals surface area contributed by atoms with E-state index in [0.717, 1.165) is 25.6 Å². The van der Waals surface area contributed by atoms with Crippen LogP contribution in [0, 0.1) is 17.0 Å². The summed E-state index contributed by atoms with van der Waals surface area (Å²) in [7, 11) is 0. The highest BCUT2D eigenvalue weighted by Gasteiger charge is 2.35. The lowest BCUT2D eigenvalue weighted by atomic mass is 9.80. The van der Waals surface area contributed by atoms with Crippen molar-refractivity contribution in [1.82, 2.24) is 5.32 Å². The van der Waals surface area contributed by atoms with E-state index in [1.165, 1.54) is 12.1 Å². The van der Waals surface area contributed by atoms with Crippen LogP contribution in [0.2, 0.25) is 0 Å². The molecule has 0 spiro atoms. The Balaban J connectivity index is 2.13. The van der Waals surface area contributed by atoms with E-state index >= 15 is 0 Å². The summed E-state index contributed by atoms with van der Waals surface area (Å²) < 4.78 is 32.0. The molecule has 1 N–H and O–H groups in total. The second kappa shape index (κ2) is 5.76. The number of halogens is 2. The van der Waals surface area contributed by atoms with E-state index < -0.39 is 11.6 Å². The number of hydrogen-bond acceptors (Lipinski definition) is 2. The van der Waals surface area contributed by atoms with E-state index in [4.69, 9.17) is 4.74 Å². The van der Waals surface area contributed by atoms with Gasteiger partial charge >= 0.3 is 0 Å². The minimum absolute atomic E-state index is 0.0608. The molecule has 1 aromatic carbocycles. The second-order valence-corrected chi connectivity index (χ2v) is 5.00. The van der Waals surface area contributed by atoms with Crippen LogP contribution in [-0.4, -0.2) is 26.3 Å². The molecular weight excluding hydrogens is 236 g/mol. The predicted molar refractivity (Wildman–Crippen MR) is 66.5 cm³/mol. The third-order valence-corrected chi connectivity index (χ3v) is 3.52. The van der Waals surface area contributed by atoms with Crippen LogP contribution in [0.25, 0.3) is 0 Å². The highest BCUT2D eigenvalue weighted by Crippen LogP contribution is 2.33. The van der Waals surface area contributed by atoms with Crippen molar-refractivity contribution in [2.45, 2.75) is 19.8 Å². The van der Waals surface area contributed by atoms with Crippen LogP contribution in [0.5, 0.6) is 0 Å². The van der Waals surface area contributed by atoms with Crippen LogP contribution >= 0.6 is 0 Å². The molecule has 1 aromatic rings. The Morgan fingerprint density at radius 1 is 1.39 bits per heavy atom. The van der Waals surface area contributed by atoms with Gasteiger partial charge in [-0.05, 0) is 31.0 Å². The van der Waals surface area contributed by atoms with Crippen molar-refractivity contribution in [2.75, 3.05) is 26.3 Å². The summed E-state index contributed by atoms with van der Waals surface area (Å²) in [5.74, 6) is -0.988. The predicted octanol–water partition coefficient (Wildman–Crippen LogP) is 2.52. The normalized spacial score (nSPS) is 23.5. The maximum Gasteiger partial charge on any atom is 0.129 e. The summed E-state index contributed by atoms with van der Waals surface area (Å²) in [6.07, 6.45) is 1.50. The molecule has 0 aromatic heterocycles. The molecule has 2 rings (SSSR count). The number of nitrogens with one attached hydrogen (secondary N) is 1. The average Bonchev–Trinajstić information content (AvgIpc) is 2.80. The summed E-state index contributed by atoms with van der Waals surface area (Å²) >= 11 is 0. The van der Waals surface area contributed by atoms with Gasteiger partial charge in [-0.2, -0.15) is 0 Å². The highest BCUT2D eigenvalue weighted by molar-refractivity contribution is 5.20. The zero-order valence-corrected chi connectivity index (χ0v) is 10.6. The first-order valence-electron chi connectivity index (χ1n) is 6.38. The minimum atomic E-state index is -0.528. The van der Waals surface area contributed by atoms with Crippen molar-refractivity contribution in [2.24, 2.45) is 5.41 Å². The van der Waals surface area contributed by atoms with Crippen LogP contribution in [0.1, 0.15) is 18.9 Å². The summed E-state index contributed by atoms with van der Waals surface area (Å²) in [6.45, 7) is 5.08. The first-order chi connectivity index (χ1) is 8.65. The summed E-state index contributed by atoms with van der Waals surface area (Å²) in [4.78, 5) is 0. The molecule has 1 atom stereocenters. The van der Waals surface area contributed by atoms with Crippen LogP contribution in [0.4, 0.5) is 8.78 Å². The maximum absolute atomic E-state index is 13.7. The Morgan fingerprint density at radius 3 is 2.83 bits per heavy atom. The van der Waals surface area contributed by atoms with Gasteiger partial charge in [0.2, 0.25) is 0 Å². The molecular formula is C14H19F2NO. The Kier molecular flexibility index (Phi) is 4.30. The molecule has 1 fully saturated rings. The van der Waals surface area contributed by atoms with Crippen molar-refractivity contribution in [3.63, 3.8) is 0 Å². The lowest BCUT2D eigenvalue weighted by Gasteiger charge is -2.28. The molecule has 18 heavy (non-hydrogen) atoms. The molecule has 100 valence electrons. The van der Waals surface area contributed by atoms with E-state index in [1.807, 2.05) is 6.92 Å². The molecule has 1 aliphatic rings. The molecule has 0 amide bonds. The molecule has 0 aliphatic carbocycles. The van der Waals surface area contributed by atoms with Gasteiger partial charge in [-0.15, -0.1) is 0 Å². The topological polar surface area (TPSA) is 21.3 Å². The number of ether oxygens (including phenoxy) is 1. The SMILES string of the molecule is CCNCC1(Cc2ccc(F)cc2F)CCOC1. The Bertz CT molecular complexity index is 403. The van der Waals surface area contributed by atoms with Gasteiger partial charge in [0.05, 0.1) is 6.61 Å². The second-order valence-electron chi connectivity index (χ2n) is 5.00. The molecule has 1 heterocycles. The van der Waals surface area contributed by atoms with Crippen molar-refractivity contribution in [3.05, 3.63) is 35.4 Å². The van der Waals surface area contributed by atoms with Crippen LogP contribution < -0.4 is 5.32 Å². The van der Waals surface area contributed by atoms with E-state index in [1.54, 1.807) is 0 Å². The van der Waals surface area contributed by atoms with Gasteiger partial charge in [-0.25, -0.2) is 8.78 Å². The Hall–Kier alpha value is -1.00. The highest BCUT2D eigenvalue weighted by atomic mass is 19.1. The Labute approximate surface area is 106 Å². The molecule has 1 unspecified atom stereocenters. The largest absolute Gasteiger partial charge is 0.381 e. The lowest BCUT2D eigenvalue weighted by Crippen LogP contribution is -2.37. The van der Waals surface area contributed by atoms with Gasteiger partial charge in [0.25, 0.3) is 0 Å². The Morgan fingerprint density at radius 2 is 2.22 bits per heavy atom. The van der Waals surface area contributed by atoms with Gasteiger partial charge in [-0.1, -0.05) is 13.0 Å². The molecule has 1 aliphatic heterocycles. The van der Waals surface area contributed by atoms with Crippen molar-refractivity contribution < 1.29 is 13.5 Å². The molecule has 1 saturated heterocycles. The van der Waals surface area contributed by atoms with Gasteiger partial charge in [0, 0.05) is 24.6 Å². The van der Waals surface area contributed by atoms with E-state index in [0.29, 0.717) is 25.2 Å². The number of hydrogen-bond donors (Lipinski definition) is 1. The monoisotopic (exact) mass is 255 g/mol. The van der Waals surface area contributed by atoms with Gasteiger partial charge in [0.1, 0.15) is 11.6 Å². The van der Waals surface area contributed by atoms with E-state index in [9.17, 15) is 8.78 Å². The van der Waals surface area contributed by atoms with Gasteiger partial charge in [-0.3, -0.25) is 0 Å². The fraction of sp³-hybridized carbons (Fsp3) is 0.571. The summed E-state index contributed by atoms with van der Waals surface area (Å²) in [5, 5.41) is 3.31. The lowest BCUT2D eigenvalue weighted by molar-refractivity contribution is 0.149. The fourth-order valence-electron chi connectivity index (χ4n) is 2.45. The average molecular weight is 255 g/mol. The number of rotatable bonds is 5. The quantitative estimate of drug-likeness (QED) is 0.873. The van der Waals surface area contributed by atoms with Gasteiger partial charge < -0.3 is 10.1 Å². The molecule has 4 heteroatoms. The van der Waals surface area contributed by atoms with E-state index in [-0.39, 0.29) is 5.41 Å². The first-order valence-corrected chi connectivity index (χ1v) is 6.38. The zero-order valence-electron chi connectivity index (χ0n) is 10.6. The fourth-order valence-corrected chi connectivity index (χ4v) is 2.45. The third kappa shape index (κ3) is 3.06. The molecule has 2 nitrogen and oxygen atoms in total. The molecule has 0 bridgehead atoms. The maximum atomic E-state index is 13.7. The van der Waals surface area contributed by atoms with Crippen LogP contribution in [0.15, 0.2) is 18.2 Å². The minimum Gasteiger partial charge on any atom is -0.381 e. The van der Waals surface area contributed by atoms with Crippen LogP contribution in [-0.2, 0) is 11.2 Å². The zero-order chi connectivity index (χ0) is 13.0. The third-order valence-electron chi connectivity index (χ3n) is 3.52. The standard InChI is InChI=1S/C14H19F2NO/c1-2-17-9-14(5-6-18-10-14)8-11-3-4-12(15)7-13(11)16/h3-4,7,17H,2,5-6,8-10H2,1H3. The first kappa shape index (κ1) is 13.4. The summed E-state index contributed by atoms with van der Waals surface area (Å²) in [5.41, 5.74) is 0.508. The smallest absolute Gasteiger partial charge is 0.129 e.